The lowest BCUT2D eigenvalue weighted by molar-refractivity contribution is 0.269. The van der Waals surface area contributed by atoms with Crippen LogP contribution in [0.3, 0.4) is 0 Å². The first-order valence-electron chi connectivity index (χ1n) is 8.53. The summed E-state index contributed by atoms with van der Waals surface area (Å²) in [5, 5.41) is 5.10. The van der Waals surface area contributed by atoms with Gasteiger partial charge in [-0.15, -0.1) is 11.3 Å². The number of aryl methyl sites for hydroxylation is 1. The lowest BCUT2D eigenvalue weighted by atomic mass is 9.84. The molecular weight excluding hydrogens is 276 g/mol. The molecule has 0 aromatic carbocycles. The molecule has 0 aliphatic heterocycles. The minimum absolute atomic E-state index is 0.155. The van der Waals surface area contributed by atoms with Crippen molar-refractivity contribution in [2.75, 3.05) is 0 Å². The number of aromatic nitrogens is 1. The fraction of sp³-hybridized carbons (Fsp3) is 0.833. The number of thiazole rings is 1. The van der Waals surface area contributed by atoms with Crippen molar-refractivity contribution < 1.29 is 0 Å². The maximum Gasteiger partial charge on any atom is 0.0985 e. The third kappa shape index (κ3) is 4.29. The van der Waals surface area contributed by atoms with Gasteiger partial charge in [0.1, 0.15) is 0 Å². The first-order valence-corrected chi connectivity index (χ1v) is 9.34. The van der Waals surface area contributed by atoms with E-state index >= 15 is 0 Å². The highest BCUT2D eigenvalue weighted by molar-refractivity contribution is 7.12. The average Bonchev–Trinajstić information content (AvgIpc) is 2.82. The van der Waals surface area contributed by atoms with Crippen LogP contribution in [0.4, 0.5) is 0 Å². The Hall–Kier alpha value is -0.410. The second-order valence-corrected chi connectivity index (χ2v) is 8.82. The van der Waals surface area contributed by atoms with Crippen molar-refractivity contribution in [3.8, 4) is 0 Å². The zero-order valence-corrected chi connectivity index (χ0v) is 15.4. The summed E-state index contributed by atoms with van der Waals surface area (Å²) in [5.41, 5.74) is 1.36. The Labute approximate surface area is 134 Å². The quantitative estimate of drug-likeness (QED) is 0.809. The van der Waals surface area contributed by atoms with Gasteiger partial charge in [-0.2, -0.15) is 0 Å². The monoisotopic (exact) mass is 308 g/mol. The van der Waals surface area contributed by atoms with E-state index in [1.54, 1.807) is 0 Å². The van der Waals surface area contributed by atoms with Gasteiger partial charge in [-0.3, -0.25) is 0 Å². The molecule has 21 heavy (non-hydrogen) atoms. The summed E-state index contributed by atoms with van der Waals surface area (Å²) in [4.78, 5) is 6.22. The van der Waals surface area contributed by atoms with Gasteiger partial charge in [0.15, 0.2) is 0 Å². The predicted molar refractivity (Wildman–Crippen MR) is 93.1 cm³/mol. The van der Waals surface area contributed by atoms with Crippen LogP contribution in [0.5, 0.6) is 0 Å². The normalized spacial score (nSPS) is 20.5. The molecule has 2 atom stereocenters. The fourth-order valence-electron chi connectivity index (χ4n) is 3.37. The van der Waals surface area contributed by atoms with Gasteiger partial charge in [0.25, 0.3) is 0 Å². The number of nitrogens with one attached hydrogen (secondary N) is 1. The molecule has 1 aromatic heterocycles. The predicted octanol–water partition coefficient (Wildman–Crippen LogP) is 5.37. The number of hydrogen-bond donors (Lipinski definition) is 1. The third-order valence-corrected chi connectivity index (χ3v) is 6.50. The van der Waals surface area contributed by atoms with Crippen LogP contribution in [0.1, 0.15) is 88.3 Å². The Morgan fingerprint density at radius 2 is 1.76 bits per heavy atom. The lowest BCUT2D eigenvalue weighted by Gasteiger charge is -2.30. The van der Waals surface area contributed by atoms with Gasteiger partial charge in [-0.1, -0.05) is 40.0 Å². The molecule has 0 saturated heterocycles. The van der Waals surface area contributed by atoms with E-state index in [0.29, 0.717) is 12.1 Å². The number of hydrogen-bond acceptors (Lipinski definition) is 3. The van der Waals surface area contributed by atoms with E-state index in [1.807, 2.05) is 11.3 Å². The Bertz CT molecular complexity index is 452. The van der Waals surface area contributed by atoms with Crippen LogP contribution in [0.2, 0.25) is 0 Å². The largest absolute Gasteiger partial charge is 0.307 e. The SMILES string of the molecule is Cc1nc(C(C)(C)C)sc1C(C)N[C@H](C)C1CCCCC1. The minimum atomic E-state index is 0.155. The topological polar surface area (TPSA) is 24.9 Å². The molecule has 2 rings (SSSR count). The zero-order chi connectivity index (χ0) is 15.6. The van der Waals surface area contributed by atoms with Crippen LogP contribution in [0, 0.1) is 12.8 Å². The second kappa shape index (κ2) is 6.78. The second-order valence-electron chi connectivity index (χ2n) is 7.79. The molecule has 1 N–H and O–H groups in total. The summed E-state index contributed by atoms with van der Waals surface area (Å²) in [5.74, 6) is 0.858. The van der Waals surface area contributed by atoms with Crippen molar-refractivity contribution in [3.63, 3.8) is 0 Å². The Kier molecular flexibility index (Phi) is 5.48. The van der Waals surface area contributed by atoms with Crippen molar-refractivity contribution in [1.29, 1.82) is 0 Å². The molecule has 0 radical (unpaired) electrons. The van der Waals surface area contributed by atoms with E-state index in [2.05, 4.69) is 46.9 Å². The summed E-state index contributed by atoms with van der Waals surface area (Å²) in [7, 11) is 0. The summed E-state index contributed by atoms with van der Waals surface area (Å²) >= 11 is 1.89. The fourth-order valence-corrected chi connectivity index (χ4v) is 4.51. The molecule has 1 saturated carbocycles. The van der Waals surface area contributed by atoms with Gasteiger partial charge in [-0.05, 0) is 39.5 Å². The molecule has 1 fully saturated rings. The highest BCUT2D eigenvalue weighted by Gasteiger charge is 2.25. The maximum atomic E-state index is 4.80. The van der Waals surface area contributed by atoms with Crippen molar-refractivity contribution in [2.24, 2.45) is 5.92 Å². The van der Waals surface area contributed by atoms with Gasteiger partial charge < -0.3 is 5.32 Å². The van der Waals surface area contributed by atoms with Gasteiger partial charge in [0, 0.05) is 22.4 Å². The standard InChI is InChI=1S/C18H32N2S/c1-12(15-10-8-7-9-11-15)19-13(2)16-14(3)20-17(21-16)18(4,5)6/h12-13,15,19H,7-11H2,1-6H3/t12-,13?/m1/s1. The third-order valence-electron chi connectivity index (χ3n) is 4.74. The molecule has 1 aliphatic carbocycles. The Morgan fingerprint density at radius 1 is 1.14 bits per heavy atom. The van der Waals surface area contributed by atoms with Gasteiger partial charge in [0.2, 0.25) is 0 Å². The van der Waals surface area contributed by atoms with Crippen molar-refractivity contribution in [1.82, 2.24) is 10.3 Å². The smallest absolute Gasteiger partial charge is 0.0985 e. The first kappa shape index (κ1) is 17.0. The lowest BCUT2D eigenvalue weighted by Crippen LogP contribution is -2.36. The van der Waals surface area contributed by atoms with Crippen molar-refractivity contribution in [2.45, 2.75) is 91.1 Å². The Morgan fingerprint density at radius 3 is 2.29 bits per heavy atom. The molecule has 0 bridgehead atoms. The van der Waals surface area contributed by atoms with Gasteiger partial charge >= 0.3 is 0 Å². The molecule has 0 amide bonds. The average molecular weight is 309 g/mol. The van der Waals surface area contributed by atoms with Crippen molar-refractivity contribution in [3.05, 3.63) is 15.6 Å². The molecule has 1 aromatic rings. The molecule has 1 heterocycles. The first-order chi connectivity index (χ1) is 9.79. The van der Waals surface area contributed by atoms with Crippen LogP contribution in [0.25, 0.3) is 0 Å². The molecule has 1 unspecified atom stereocenters. The minimum Gasteiger partial charge on any atom is -0.307 e. The Balaban J connectivity index is 2.02. The number of nitrogens with zero attached hydrogens (tertiary/aromatic N) is 1. The van der Waals surface area contributed by atoms with E-state index in [4.69, 9.17) is 4.98 Å². The van der Waals surface area contributed by atoms with Crippen LogP contribution in [-0.4, -0.2) is 11.0 Å². The molecule has 0 spiro atoms. The van der Waals surface area contributed by atoms with Crippen LogP contribution >= 0.6 is 11.3 Å². The van der Waals surface area contributed by atoms with Crippen molar-refractivity contribution >= 4 is 11.3 Å². The van der Waals surface area contributed by atoms with Crippen LogP contribution in [0.15, 0.2) is 0 Å². The number of rotatable bonds is 4. The molecule has 120 valence electrons. The molecular formula is C18H32N2S. The summed E-state index contributed by atoms with van der Waals surface area (Å²) in [6.07, 6.45) is 7.06. The summed E-state index contributed by atoms with van der Waals surface area (Å²) in [6, 6.07) is 1.02. The zero-order valence-electron chi connectivity index (χ0n) is 14.6. The van der Waals surface area contributed by atoms with E-state index in [9.17, 15) is 0 Å². The highest BCUT2D eigenvalue weighted by Crippen LogP contribution is 2.33. The van der Waals surface area contributed by atoms with E-state index < -0.39 is 0 Å². The summed E-state index contributed by atoms with van der Waals surface area (Å²) < 4.78 is 0. The van der Waals surface area contributed by atoms with Gasteiger partial charge in [0.05, 0.1) is 10.7 Å². The van der Waals surface area contributed by atoms with E-state index in [1.165, 1.54) is 47.7 Å². The van der Waals surface area contributed by atoms with E-state index in [0.717, 1.165) is 5.92 Å². The van der Waals surface area contributed by atoms with Gasteiger partial charge in [-0.25, -0.2) is 4.98 Å². The van der Waals surface area contributed by atoms with Crippen LogP contribution in [-0.2, 0) is 5.41 Å². The molecule has 1 aliphatic rings. The highest BCUT2D eigenvalue weighted by atomic mass is 32.1. The summed E-state index contributed by atoms with van der Waals surface area (Å²) in [6.45, 7) is 13.6. The molecule has 2 nitrogen and oxygen atoms in total. The van der Waals surface area contributed by atoms with Crippen LogP contribution < -0.4 is 5.32 Å². The molecule has 3 heteroatoms. The van der Waals surface area contributed by atoms with E-state index in [-0.39, 0.29) is 5.41 Å². The maximum absolute atomic E-state index is 4.80.